The molecular formula is C10H28Cl2N2Si3. The fourth-order valence-electron chi connectivity index (χ4n) is 1.90. The minimum Gasteiger partial charge on any atom is -0.293 e. The lowest BCUT2D eigenvalue weighted by Gasteiger charge is -2.40. The van der Waals surface area contributed by atoms with Gasteiger partial charge in [-0.3, -0.25) is 9.13 Å². The van der Waals surface area contributed by atoms with Gasteiger partial charge in [0.1, 0.15) is 0 Å². The predicted octanol–water partition coefficient (Wildman–Crippen LogP) is 3.52. The molecule has 0 aliphatic rings. The van der Waals surface area contributed by atoms with Crippen molar-refractivity contribution in [1.29, 1.82) is 0 Å². The van der Waals surface area contributed by atoms with Gasteiger partial charge in [0.05, 0.1) is 16.1 Å². The Morgan fingerprint density at radius 3 is 1.12 bits per heavy atom. The van der Waals surface area contributed by atoms with Crippen molar-refractivity contribution in [3.05, 3.63) is 0 Å². The highest BCUT2D eigenvalue weighted by Crippen LogP contribution is 2.25. The summed E-state index contributed by atoms with van der Waals surface area (Å²) in [6.45, 7) is 14.1. The number of hydrogen-bond donors (Lipinski definition) is 0. The van der Waals surface area contributed by atoms with Gasteiger partial charge in [-0.25, -0.2) is 0 Å². The summed E-state index contributed by atoms with van der Waals surface area (Å²) in [6, 6.07) is 0. The van der Waals surface area contributed by atoms with E-state index in [1.165, 1.54) is 0 Å². The molecule has 0 atom stereocenters. The molecule has 2 nitrogen and oxygen atoms in total. The van der Waals surface area contributed by atoms with E-state index in [2.05, 4.69) is 62.5 Å². The smallest absolute Gasteiger partial charge is 0.293 e. The van der Waals surface area contributed by atoms with Gasteiger partial charge in [-0.1, -0.05) is 39.3 Å². The van der Waals surface area contributed by atoms with Crippen molar-refractivity contribution in [3.8, 4) is 0 Å². The number of halogens is 2. The van der Waals surface area contributed by atoms with Crippen molar-refractivity contribution in [3.63, 3.8) is 0 Å². The normalized spacial score (nSPS) is 14.8. The Balaban J connectivity index is 4.65. The zero-order valence-electron chi connectivity index (χ0n) is 12.6. The van der Waals surface area contributed by atoms with E-state index in [4.69, 9.17) is 22.2 Å². The summed E-state index contributed by atoms with van der Waals surface area (Å²) in [4.78, 5) is 0. The van der Waals surface area contributed by atoms with Crippen LogP contribution >= 0.6 is 22.2 Å². The zero-order chi connectivity index (χ0) is 14.1. The molecule has 17 heavy (non-hydrogen) atoms. The summed E-state index contributed by atoms with van der Waals surface area (Å²) >= 11 is 13.3. The highest BCUT2D eigenvalue weighted by atomic mass is 35.7. The van der Waals surface area contributed by atoms with Crippen molar-refractivity contribution >= 4 is 45.3 Å². The third-order valence-electron chi connectivity index (χ3n) is 2.34. The van der Waals surface area contributed by atoms with E-state index in [-0.39, 0.29) is 0 Å². The maximum absolute atomic E-state index is 6.65. The fraction of sp³-hybridized carbons (Fsp3) is 1.00. The van der Waals surface area contributed by atoms with Crippen molar-refractivity contribution in [2.24, 2.45) is 0 Å². The van der Waals surface area contributed by atoms with Gasteiger partial charge in [-0.15, -0.1) is 22.2 Å². The standard InChI is InChI=1S/C10H28Cl2N2Si3/c1-13(9-15(3,4)5)17(11,12)14(2)10-16(6,7)8/h9-10H2,1-8H3. The summed E-state index contributed by atoms with van der Waals surface area (Å²) in [5, 5.41) is 0. The topological polar surface area (TPSA) is 6.48 Å². The Kier molecular flexibility index (Phi) is 6.48. The van der Waals surface area contributed by atoms with E-state index >= 15 is 0 Å². The molecule has 0 aromatic rings. The van der Waals surface area contributed by atoms with Crippen LogP contribution in [0.5, 0.6) is 0 Å². The molecule has 0 aromatic heterocycles. The Morgan fingerprint density at radius 1 is 0.706 bits per heavy atom. The van der Waals surface area contributed by atoms with E-state index in [9.17, 15) is 0 Å². The van der Waals surface area contributed by atoms with Crippen LogP contribution in [-0.4, -0.2) is 58.7 Å². The SMILES string of the molecule is CN(C[Si](C)(C)C)[Si](Cl)(Cl)N(C)C[Si](C)(C)C. The molecule has 0 spiro atoms. The molecule has 7 heteroatoms. The molecular weight excluding hydrogens is 303 g/mol. The molecule has 0 bridgehead atoms. The molecule has 104 valence electrons. The molecule has 0 unspecified atom stereocenters. The van der Waals surface area contributed by atoms with E-state index in [1.807, 2.05) is 0 Å². The van der Waals surface area contributed by atoms with Crippen molar-refractivity contribution in [1.82, 2.24) is 9.13 Å². The van der Waals surface area contributed by atoms with Gasteiger partial charge in [0, 0.05) is 0 Å². The van der Waals surface area contributed by atoms with Gasteiger partial charge in [0.2, 0.25) is 0 Å². The summed E-state index contributed by atoms with van der Waals surface area (Å²) < 4.78 is 4.42. The molecule has 0 amide bonds. The average Bonchev–Trinajstić information content (AvgIpc) is 1.96. The average molecular weight is 332 g/mol. The quantitative estimate of drug-likeness (QED) is 0.543. The lowest BCUT2D eigenvalue weighted by molar-refractivity contribution is 0.491. The molecule has 0 rings (SSSR count). The Hall–Kier alpha value is 1.15. The van der Waals surface area contributed by atoms with Crippen LogP contribution in [0.15, 0.2) is 0 Å². The first-order chi connectivity index (χ1) is 7.26. The van der Waals surface area contributed by atoms with Crippen molar-refractivity contribution in [2.75, 3.05) is 26.4 Å². The van der Waals surface area contributed by atoms with Crippen LogP contribution < -0.4 is 0 Å². The first-order valence-electron chi connectivity index (χ1n) is 6.06. The molecule has 0 saturated heterocycles. The van der Waals surface area contributed by atoms with Crippen LogP contribution in [-0.2, 0) is 0 Å². The molecule has 0 aliphatic heterocycles. The summed E-state index contributed by atoms with van der Waals surface area (Å²) in [5.41, 5.74) is 0. The van der Waals surface area contributed by atoms with Gasteiger partial charge in [0.25, 0.3) is 0 Å². The fourth-order valence-corrected chi connectivity index (χ4v) is 11.9. The van der Waals surface area contributed by atoms with Crippen LogP contribution in [0.1, 0.15) is 0 Å². The molecule has 0 heterocycles. The van der Waals surface area contributed by atoms with E-state index in [1.54, 1.807) is 0 Å². The monoisotopic (exact) mass is 330 g/mol. The number of rotatable bonds is 6. The summed E-state index contributed by atoms with van der Waals surface area (Å²) in [5.74, 6) is 0. The lowest BCUT2D eigenvalue weighted by atomic mass is 11.2. The maximum Gasteiger partial charge on any atom is 0.407 e. The van der Waals surface area contributed by atoms with Gasteiger partial charge in [-0.05, 0) is 26.4 Å². The van der Waals surface area contributed by atoms with E-state index in [0.29, 0.717) is 0 Å². The van der Waals surface area contributed by atoms with Gasteiger partial charge in [-0.2, -0.15) is 0 Å². The largest absolute Gasteiger partial charge is 0.407 e. The number of nitrogens with zero attached hydrogens (tertiary/aromatic N) is 2. The molecule has 0 saturated carbocycles. The maximum atomic E-state index is 6.65. The predicted molar refractivity (Wildman–Crippen MR) is 89.4 cm³/mol. The van der Waals surface area contributed by atoms with Crippen LogP contribution in [0.25, 0.3) is 0 Å². The summed E-state index contributed by atoms with van der Waals surface area (Å²) in [7, 11) is -0.616. The molecule has 0 fully saturated rings. The minimum atomic E-state index is -2.45. The van der Waals surface area contributed by atoms with Gasteiger partial charge in [0.15, 0.2) is 0 Å². The van der Waals surface area contributed by atoms with Gasteiger partial charge >= 0.3 is 7.02 Å². The second kappa shape index (κ2) is 6.07. The molecule has 0 radical (unpaired) electrons. The second-order valence-electron chi connectivity index (χ2n) is 7.34. The number of hydrogen-bond acceptors (Lipinski definition) is 2. The minimum absolute atomic E-state index is 1.06. The van der Waals surface area contributed by atoms with Crippen LogP contribution in [0.4, 0.5) is 0 Å². The third-order valence-corrected chi connectivity index (χ3v) is 11.4. The van der Waals surface area contributed by atoms with Crippen LogP contribution in [0, 0.1) is 0 Å². The molecule has 0 N–H and O–H groups in total. The van der Waals surface area contributed by atoms with Crippen LogP contribution in [0.3, 0.4) is 0 Å². The first-order valence-corrected chi connectivity index (χ1v) is 17.4. The Morgan fingerprint density at radius 2 is 0.941 bits per heavy atom. The van der Waals surface area contributed by atoms with E-state index in [0.717, 1.165) is 12.3 Å². The molecule has 0 aliphatic carbocycles. The Bertz CT molecular complexity index is 225. The van der Waals surface area contributed by atoms with E-state index < -0.39 is 23.2 Å². The Labute approximate surface area is 120 Å². The summed E-state index contributed by atoms with van der Waals surface area (Å²) in [6.07, 6.45) is 2.12. The highest BCUT2D eigenvalue weighted by Gasteiger charge is 2.42. The highest BCUT2D eigenvalue weighted by molar-refractivity contribution is 7.42. The first kappa shape index (κ1) is 18.2. The zero-order valence-corrected chi connectivity index (χ0v) is 17.1. The van der Waals surface area contributed by atoms with Crippen molar-refractivity contribution < 1.29 is 0 Å². The van der Waals surface area contributed by atoms with Crippen molar-refractivity contribution in [2.45, 2.75) is 39.3 Å². The second-order valence-corrected chi connectivity index (χ2v) is 24.5. The third kappa shape index (κ3) is 7.35. The van der Waals surface area contributed by atoms with Crippen LogP contribution in [0.2, 0.25) is 39.3 Å². The molecule has 0 aromatic carbocycles. The van der Waals surface area contributed by atoms with Gasteiger partial charge < -0.3 is 0 Å². The lowest BCUT2D eigenvalue weighted by Crippen LogP contribution is -2.61.